The van der Waals surface area contributed by atoms with E-state index in [0.717, 1.165) is 11.1 Å². The van der Waals surface area contributed by atoms with Gasteiger partial charge in [-0.3, -0.25) is 4.79 Å². The van der Waals surface area contributed by atoms with Crippen molar-refractivity contribution in [3.63, 3.8) is 0 Å². The minimum atomic E-state index is -0.268. The van der Waals surface area contributed by atoms with Gasteiger partial charge in [0, 0.05) is 12.5 Å². The molecule has 0 radical (unpaired) electrons. The van der Waals surface area contributed by atoms with Crippen LogP contribution in [0.2, 0.25) is 0 Å². The highest BCUT2D eigenvalue weighted by Crippen LogP contribution is 2.18. The number of hydrogen-bond donors (Lipinski definition) is 2. The van der Waals surface area contributed by atoms with Crippen molar-refractivity contribution in [3.05, 3.63) is 71.3 Å². The van der Waals surface area contributed by atoms with Crippen LogP contribution in [0.5, 0.6) is 0 Å². The summed E-state index contributed by atoms with van der Waals surface area (Å²) in [6.45, 7) is 4.04. The average molecular weight is 282 g/mol. The molecule has 0 aromatic heterocycles. The Bertz CT molecular complexity index is 595. The van der Waals surface area contributed by atoms with E-state index in [1.165, 1.54) is 5.56 Å². The van der Waals surface area contributed by atoms with Gasteiger partial charge in [0.05, 0.1) is 6.04 Å². The Hall–Kier alpha value is -2.13. The summed E-state index contributed by atoms with van der Waals surface area (Å²) in [5.74, 6) is -0.0258. The van der Waals surface area contributed by atoms with E-state index in [1.54, 1.807) is 0 Å². The van der Waals surface area contributed by atoms with Crippen molar-refractivity contribution >= 4 is 5.91 Å². The normalized spacial score (nSPS) is 13.5. The average Bonchev–Trinajstić information content (AvgIpc) is 2.48. The Labute approximate surface area is 126 Å². The molecule has 1 unspecified atom stereocenters. The summed E-state index contributed by atoms with van der Waals surface area (Å²) in [6, 6.07) is 17.5. The van der Waals surface area contributed by atoms with Crippen molar-refractivity contribution in [3.8, 4) is 0 Å². The quantitative estimate of drug-likeness (QED) is 0.884. The molecule has 0 fully saturated rings. The van der Waals surface area contributed by atoms with Gasteiger partial charge in [0.1, 0.15) is 0 Å². The van der Waals surface area contributed by atoms with Crippen molar-refractivity contribution in [1.82, 2.24) is 5.32 Å². The molecular weight excluding hydrogens is 260 g/mol. The number of amides is 1. The summed E-state index contributed by atoms with van der Waals surface area (Å²) in [4.78, 5) is 12.1. The molecule has 0 bridgehead atoms. The molecule has 0 spiro atoms. The number of rotatable bonds is 5. The van der Waals surface area contributed by atoms with Gasteiger partial charge in [-0.25, -0.2) is 0 Å². The molecule has 0 aliphatic heterocycles. The fourth-order valence-electron chi connectivity index (χ4n) is 2.47. The van der Waals surface area contributed by atoms with Gasteiger partial charge < -0.3 is 11.1 Å². The van der Waals surface area contributed by atoms with Crippen LogP contribution in [-0.2, 0) is 4.79 Å². The Morgan fingerprint density at radius 1 is 1.10 bits per heavy atom. The molecule has 0 aliphatic carbocycles. The summed E-state index contributed by atoms with van der Waals surface area (Å²) < 4.78 is 0. The Balaban J connectivity index is 1.94. The molecule has 3 N–H and O–H groups in total. The van der Waals surface area contributed by atoms with E-state index in [-0.39, 0.29) is 18.0 Å². The zero-order valence-electron chi connectivity index (χ0n) is 12.5. The van der Waals surface area contributed by atoms with Gasteiger partial charge in [0.15, 0.2) is 0 Å². The van der Waals surface area contributed by atoms with E-state index < -0.39 is 0 Å². The third-order valence-electron chi connectivity index (χ3n) is 3.67. The molecule has 1 amide bonds. The van der Waals surface area contributed by atoms with Crippen molar-refractivity contribution in [2.45, 2.75) is 32.4 Å². The zero-order valence-corrected chi connectivity index (χ0v) is 12.5. The predicted octanol–water partition coefficient (Wildman–Crippen LogP) is 3.26. The number of aryl methyl sites for hydroxylation is 1. The number of carbonyl (C=O) groups excluding carboxylic acids is 1. The Morgan fingerprint density at radius 2 is 1.71 bits per heavy atom. The fourth-order valence-corrected chi connectivity index (χ4v) is 2.47. The Morgan fingerprint density at radius 3 is 2.38 bits per heavy atom. The van der Waals surface area contributed by atoms with Crippen LogP contribution in [0, 0.1) is 6.92 Å². The highest BCUT2D eigenvalue weighted by Gasteiger charge is 2.15. The minimum Gasteiger partial charge on any atom is -0.350 e. The molecule has 3 heteroatoms. The first-order chi connectivity index (χ1) is 10.1. The second kappa shape index (κ2) is 7.04. The largest absolute Gasteiger partial charge is 0.350 e. The Kier molecular flexibility index (Phi) is 5.12. The van der Waals surface area contributed by atoms with Gasteiger partial charge >= 0.3 is 0 Å². The lowest BCUT2D eigenvalue weighted by atomic mass is 10.0. The van der Waals surface area contributed by atoms with Crippen LogP contribution < -0.4 is 11.1 Å². The van der Waals surface area contributed by atoms with Gasteiger partial charge in [-0.1, -0.05) is 54.6 Å². The van der Waals surface area contributed by atoms with Crippen LogP contribution >= 0.6 is 0 Å². The van der Waals surface area contributed by atoms with Gasteiger partial charge in [0.2, 0.25) is 5.91 Å². The van der Waals surface area contributed by atoms with Crippen molar-refractivity contribution in [2.24, 2.45) is 5.73 Å². The van der Waals surface area contributed by atoms with Crippen LogP contribution in [0.25, 0.3) is 0 Å². The summed E-state index contributed by atoms with van der Waals surface area (Å²) >= 11 is 0. The summed E-state index contributed by atoms with van der Waals surface area (Å²) in [6.07, 6.45) is 0.292. The summed E-state index contributed by atoms with van der Waals surface area (Å²) in [5.41, 5.74) is 9.38. The van der Waals surface area contributed by atoms with E-state index >= 15 is 0 Å². The van der Waals surface area contributed by atoms with Crippen molar-refractivity contribution < 1.29 is 4.79 Å². The molecular formula is C18H22N2O. The number of hydrogen-bond acceptors (Lipinski definition) is 2. The van der Waals surface area contributed by atoms with Gasteiger partial charge in [-0.05, 0) is 30.5 Å². The van der Waals surface area contributed by atoms with E-state index in [0.29, 0.717) is 6.42 Å². The lowest BCUT2D eigenvalue weighted by Gasteiger charge is -2.18. The monoisotopic (exact) mass is 282 g/mol. The first-order valence-corrected chi connectivity index (χ1v) is 7.23. The van der Waals surface area contributed by atoms with Crippen LogP contribution in [-0.4, -0.2) is 5.91 Å². The zero-order chi connectivity index (χ0) is 15.2. The van der Waals surface area contributed by atoms with Crippen molar-refractivity contribution in [2.75, 3.05) is 0 Å². The molecule has 21 heavy (non-hydrogen) atoms. The molecule has 2 aromatic carbocycles. The molecule has 0 aliphatic rings. The lowest BCUT2D eigenvalue weighted by Crippen LogP contribution is -2.30. The third kappa shape index (κ3) is 4.17. The maximum Gasteiger partial charge on any atom is 0.222 e. The molecule has 110 valence electrons. The molecule has 0 heterocycles. The third-order valence-corrected chi connectivity index (χ3v) is 3.67. The van der Waals surface area contributed by atoms with Crippen molar-refractivity contribution in [1.29, 1.82) is 0 Å². The van der Waals surface area contributed by atoms with E-state index in [2.05, 4.69) is 5.32 Å². The van der Waals surface area contributed by atoms with Crippen LogP contribution in [0.1, 0.15) is 42.1 Å². The number of nitrogens with two attached hydrogens (primary N) is 1. The topological polar surface area (TPSA) is 55.1 Å². The van der Waals surface area contributed by atoms with E-state index in [1.807, 2.05) is 68.4 Å². The standard InChI is InChI=1S/C18H22N2O/c1-13-8-6-7-11-16(13)14(2)20-18(21)12-17(19)15-9-4-3-5-10-15/h3-11,14,17H,12,19H2,1-2H3,(H,20,21)/t14-,17?/m0/s1. The molecule has 0 saturated heterocycles. The highest BCUT2D eigenvalue weighted by atomic mass is 16.1. The molecule has 0 saturated carbocycles. The van der Waals surface area contributed by atoms with Gasteiger partial charge in [-0.2, -0.15) is 0 Å². The van der Waals surface area contributed by atoms with E-state index in [9.17, 15) is 4.79 Å². The van der Waals surface area contributed by atoms with E-state index in [4.69, 9.17) is 5.73 Å². The molecule has 2 aromatic rings. The maximum absolute atomic E-state index is 12.1. The summed E-state index contributed by atoms with van der Waals surface area (Å²) in [7, 11) is 0. The summed E-state index contributed by atoms with van der Waals surface area (Å²) in [5, 5.41) is 3.02. The van der Waals surface area contributed by atoms with Crippen LogP contribution in [0.15, 0.2) is 54.6 Å². The second-order valence-electron chi connectivity index (χ2n) is 5.37. The predicted molar refractivity (Wildman–Crippen MR) is 85.7 cm³/mol. The minimum absolute atomic E-state index is 0.0123. The number of nitrogens with one attached hydrogen (secondary N) is 1. The number of carbonyl (C=O) groups is 1. The first-order valence-electron chi connectivity index (χ1n) is 7.23. The van der Waals surface area contributed by atoms with Gasteiger partial charge in [0.25, 0.3) is 0 Å². The number of benzene rings is 2. The highest BCUT2D eigenvalue weighted by molar-refractivity contribution is 5.77. The first kappa shape index (κ1) is 15.3. The maximum atomic E-state index is 12.1. The smallest absolute Gasteiger partial charge is 0.222 e. The fraction of sp³-hybridized carbons (Fsp3) is 0.278. The molecule has 3 nitrogen and oxygen atoms in total. The second-order valence-corrected chi connectivity index (χ2v) is 5.37. The van der Waals surface area contributed by atoms with Crippen LogP contribution in [0.3, 0.4) is 0 Å². The molecule has 2 rings (SSSR count). The SMILES string of the molecule is Cc1ccccc1[C@H](C)NC(=O)CC(N)c1ccccc1. The molecule has 2 atom stereocenters. The van der Waals surface area contributed by atoms with Crippen LogP contribution in [0.4, 0.5) is 0 Å². The van der Waals surface area contributed by atoms with Gasteiger partial charge in [-0.15, -0.1) is 0 Å². The lowest BCUT2D eigenvalue weighted by molar-refractivity contribution is -0.122.